The van der Waals surface area contributed by atoms with Crippen LogP contribution in [0.2, 0.25) is 0 Å². The number of thiazole rings is 2. The molecule has 2 aliphatic rings. The molecule has 32 heavy (non-hydrogen) atoms. The molecule has 1 aliphatic heterocycles. The predicted molar refractivity (Wildman–Crippen MR) is 135 cm³/mol. The molecule has 0 unspecified atom stereocenters. The molecule has 1 aromatic carbocycles. The maximum atomic E-state index is 12.5. The van der Waals surface area contributed by atoms with Crippen LogP contribution in [0.4, 0.5) is 15.3 Å². The summed E-state index contributed by atoms with van der Waals surface area (Å²) in [6, 6.07) is 7.71. The van der Waals surface area contributed by atoms with Crippen molar-refractivity contribution in [2.75, 3.05) is 36.1 Å². The average Bonchev–Trinajstić information content (AvgIpc) is 3.37. The number of benzene rings is 1. The van der Waals surface area contributed by atoms with Crippen LogP contribution in [0.1, 0.15) is 37.7 Å². The summed E-state index contributed by atoms with van der Waals surface area (Å²) in [6.45, 7) is 2.34. The largest absolute Gasteiger partial charge is 0.497 e. The molecule has 1 amide bonds. The second-order valence-corrected chi connectivity index (χ2v) is 11.3. The maximum Gasteiger partial charge on any atom is 0.236 e. The summed E-state index contributed by atoms with van der Waals surface area (Å²) in [6.07, 6.45) is 9.29. The Morgan fingerprint density at radius 3 is 2.38 bits per heavy atom. The molecule has 5 rings (SSSR count). The first-order chi connectivity index (χ1) is 15.5. The molecule has 3 aromatic rings. The normalized spacial score (nSPS) is 16.6. The Kier molecular flexibility index (Phi) is 7.32. The topological polar surface area (TPSA) is 93.4 Å². The number of hydrogen-bond acceptors (Lipinski definition) is 8. The number of anilines is 3. The zero-order valence-corrected chi connectivity index (χ0v) is 21.1. The van der Waals surface area contributed by atoms with E-state index in [1.54, 1.807) is 24.6 Å². The molecule has 3 heterocycles. The smallest absolute Gasteiger partial charge is 0.236 e. The Balaban J connectivity index is 0.000000174. The summed E-state index contributed by atoms with van der Waals surface area (Å²) in [5.74, 6) is 0.818. The number of nitrogens with one attached hydrogen (secondary N) is 1. The number of nitrogens with zero attached hydrogens (tertiary/aromatic N) is 3. The number of carbonyl (C=O) groups excluding carboxylic acids is 1. The number of rotatable bonds is 5. The first-order valence-corrected chi connectivity index (χ1v) is 13.0. The number of nitrogens with two attached hydrogens (primary N) is 1. The molecule has 10 heteroatoms. The van der Waals surface area contributed by atoms with Gasteiger partial charge in [-0.2, -0.15) is 0 Å². The lowest BCUT2D eigenvalue weighted by molar-refractivity contribution is -0.118. The van der Waals surface area contributed by atoms with Gasteiger partial charge in [0.05, 0.1) is 28.7 Å². The Bertz CT molecular complexity index is 1040. The second kappa shape index (κ2) is 10.2. The Labute approximate surface area is 204 Å². The average molecular weight is 537 g/mol. The molecule has 0 atom stereocenters. The SMILES string of the molecule is COc1ccc(C2(C(=O)Nc3ncc(Br)s3)CC2)cc1.Nc1ncc(N2CCCCC2)s1. The number of hydrogen-bond donors (Lipinski definition) is 2. The van der Waals surface area contributed by atoms with Crippen LogP contribution in [0.15, 0.2) is 40.4 Å². The third-order valence-electron chi connectivity index (χ3n) is 5.70. The minimum atomic E-state index is -0.398. The van der Waals surface area contributed by atoms with Gasteiger partial charge in [-0.25, -0.2) is 9.97 Å². The molecule has 0 radical (unpaired) electrons. The summed E-state index contributed by atoms with van der Waals surface area (Å²) in [4.78, 5) is 23.0. The van der Waals surface area contributed by atoms with Gasteiger partial charge in [0.2, 0.25) is 5.91 Å². The summed E-state index contributed by atoms with van der Waals surface area (Å²) in [5, 5.41) is 5.43. The number of amides is 1. The Morgan fingerprint density at radius 1 is 1.12 bits per heavy atom. The van der Waals surface area contributed by atoms with E-state index in [4.69, 9.17) is 10.5 Å². The van der Waals surface area contributed by atoms with E-state index in [-0.39, 0.29) is 5.91 Å². The van der Waals surface area contributed by atoms with E-state index >= 15 is 0 Å². The number of carbonyl (C=O) groups is 1. The van der Waals surface area contributed by atoms with Crippen molar-refractivity contribution >= 4 is 59.8 Å². The monoisotopic (exact) mass is 535 g/mol. The van der Waals surface area contributed by atoms with Crippen molar-refractivity contribution in [3.05, 3.63) is 46.0 Å². The fraction of sp³-hybridized carbons (Fsp3) is 0.409. The molecule has 2 fully saturated rings. The van der Waals surface area contributed by atoms with Crippen molar-refractivity contribution in [2.24, 2.45) is 0 Å². The lowest BCUT2D eigenvalue weighted by Crippen LogP contribution is -2.28. The summed E-state index contributed by atoms with van der Waals surface area (Å²) >= 11 is 6.34. The zero-order chi connectivity index (χ0) is 22.6. The molecule has 7 nitrogen and oxygen atoms in total. The lowest BCUT2D eigenvalue weighted by Gasteiger charge is -2.26. The third-order valence-corrected chi connectivity index (χ3v) is 7.98. The number of ether oxygens (including phenoxy) is 1. The van der Waals surface area contributed by atoms with E-state index in [1.807, 2.05) is 30.5 Å². The minimum Gasteiger partial charge on any atom is -0.497 e. The third kappa shape index (κ3) is 5.41. The number of nitrogen functional groups attached to an aromatic ring is 1. The molecular weight excluding hydrogens is 510 g/mol. The van der Waals surface area contributed by atoms with Gasteiger partial charge in [-0.15, -0.1) is 0 Å². The van der Waals surface area contributed by atoms with E-state index < -0.39 is 5.41 Å². The van der Waals surface area contributed by atoms with Crippen LogP contribution < -0.4 is 20.7 Å². The van der Waals surface area contributed by atoms with Crippen LogP contribution in [0.5, 0.6) is 5.75 Å². The lowest BCUT2D eigenvalue weighted by atomic mass is 9.95. The summed E-state index contributed by atoms with van der Waals surface area (Å²) in [7, 11) is 1.63. The van der Waals surface area contributed by atoms with Crippen LogP contribution in [0, 0.1) is 0 Å². The zero-order valence-electron chi connectivity index (χ0n) is 17.8. The van der Waals surface area contributed by atoms with E-state index in [9.17, 15) is 4.79 Å². The van der Waals surface area contributed by atoms with E-state index in [1.165, 1.54) is 48.7 Å². The predicted octanol–water partition coefficient (Wildman–Crippen LogP) is 5.30. The molecule has 170 valence electrons. The molecule has 1 saturated carbocycles. The fourth-order valence-electron chi connectivity index (χ4n) is 3.75. The van der Waals surface area contributed by atoms with Crippen molar-refractivity contribution in [3.63, 3.8) is 0 Å². The second-order valence-electron chi connectivity index (χ2n) is 7.82. The molecule has 2 aromatic heterocycles. The van der Waals surface area contributed by atoms with Gasteiger partial charge in [-0.1, -0.05) is 34.8 Å². The van der Waals surface area contributed by atoms with Gasteiger partial charge in [0.15, 0.2) is 10.3 Å². The van der Waals surface area contributed by atoms with E-state index in [0.717, 1.165) is 27.9 Å². The highest BCUT2D eigenvalue weighted by Gasteiger charge is 2.51. The van der Waals surface area contributed by atoms with Crippen LogP contribution in [-0.2, 0) is 10.2 Å². The molecule has 1 aliphatic carbocycles. The molecular formula is C22H26BrN5O2S2. The van der Waals surface area contributed by atoms with Gasteiger partial charge < -0.3 is 20.7 Å². The highest BCUT2D eigenvalue weighted by molar-refractivity contribution is 9.11. The number of aromatic nitrogens is 2. The highest BCUT2D eigenvalue weighted by Crippen LogP contribution is 2.49. The van der Waals surface area contributed by atoms with Crippen LogP contribution in [-0.4, -0.2) is 36.1 Å². The molecule has 0 bridgehead atoms. The van der Waals surface area contributed by atoms with Crippen molar-refractivity contribution < 1.29 is 9.53 Å². The van der Waals surface area contributed by atoms with Crippen molar-refractivity contribution in [3.8, 4) is 5.75 Å². The van der Waals surface area contributed by atoms with Gasteiger partial charge in [-0.05, 0) is 65.7 Å². The Hall–Kier alpha value is -2.17. The van der Waals surface area contributed by atoms with Crippen molar-refractivity contribution in [1.29, 1.82) is 0 Å². The molecule has 3 N–H and O–H groups in total. The van der Waals surface area contributed by atoms with E-state index in [2.05, 4.69) is 36.1 Å². The highest BCUT2D eigenvalue weighted by atomic mass is 79.9. The van der Waals surface area contributed by atoms with Crippen molar-refractivity contribution in [1.82, 2.24) is 9.97 Å². The van der Waals surface area contributed by atoms with Crippen molar-refractivity contribution in [2.45, 2.75) is 37.5 Å². The quantitative estimate of drug-likeness (QED) is 0.460. The molecule has 1 saturated heterocycles. The van der Waals surface area contributed by atoms with Gasteiger partial charge >= 0.3 is 0 Å². The number of methoxy groups -OCH3 is 1. The first kappa shape index (κ1) is 23.0. The van der Waals surface area contributed by atoms with Gasteiger partial charge in [0.25, 0.3) is 0 Å². The van der Waals surface area contributed by atoms with Gasteiger partial charge in [0, 0.05) is 13.1 Å². The summed E-state index contributed by atoms with van der Waals surface area (Å²) < 4.78 is 6.05. The minimum absolute atomic E-state index is 0.0181. The Morgan fingerprint density at radius 2 is 1.84 bits per heavy atom. The first-order valence-electron chi connectivity index (χ1n) is 10.5. The van der Waals surface area contributed by atoms with E-state index in [0.29, 0.717) is 10.3 Å². The standard InChI is InChI=1S/C14H13BrN2O2S.C8H13N3S/c1-19-10-4-2-9(3-5-10)14(6-7-14)12(18)17-13-16-8-11(15)20-13;9-8-10-6-7(12-8)11-4-2-1-3-5-11/h2-5,8H,6-7H2,1H3,(H,16,17,18);6H,1-5H2,(H2,9,10). The van der Waals surface area contributed by atoms with Crippen LogP contribution in [0.25, 0.3) is 0 Å². The maximum absolute atomic E-state index is 12.5. The van der Waals surface area contributed by atoms with Crippen LogP contribution in [0.3, 0.4) is 0 Å². The summed E-state index contributed by atoms with van der Waals surface area (Å²) in [5.41, 5.74) is 6.20. The van der Waals surface area contributed by atoms with Gasteiger partial charge in [-0.3, -0.25) is 4.79 Å². The molecule has 0 spiro atoms. The number of piperidine rings is 1. The van der Waals surface area contributed by atoms with Gasteiger partial charge in [0.1, 0.15) is 10.8 Å². The fourth-order valence-corrected chi connectivity index (χ4v) is 5.59. The van der Waals surface area contributed by atoms with Crippen LogP contribution >= 0.6 is 38.6 Å². The number of halogens is 1.